The van der Waals surface area contributed by atoms with Gasteiger partial charge in [-0.15, -0.1) is 0 Å². The number of anilines is 2. The summed E-state index contributed by atoms with van der Waals surface area (Å²) in [5, 5.41) is 6.28. The molecule has 6 nitrogen and oxygen atoms in total. The number of carbonyl (C=O) groups is 1. The maximum Gasteiger partial charge on any atom is 0.224 e. The van der Waals surface area contributed by atoms with Crippen LogP contribution in [-0.4, -0.2) is 42.6 Å². The molecule has 0 saturated heterocycles. The number of likely N-dealkylation sites (N-methyl/N-ethyl adjacent to an activating group) is 1. The summed E-state index contributed by atoms with van der Waals surface area (Å²) in [6, 6.07) is 2.09. The molecule has 1 aromatic rings. The standard InChI is InChI=1S/C18H27N5O/c1-6-8-23(18-13(2)10-15(19-4)12-21-18)16-7-9-22(14(3)24)17(11-16)20-5/h7,9-12,17,19-20H,6,8H2,1-5H3. The summed E-state index contributed by atoms with van der Waals surface area (Å²) in [5.74, 6) is 0.952. The second kappa shape index (κ2) is 7.97. The molecule has 1 aliphatic heterocycles. The molecule has 1 amide bonds. The predicted octanol–water partition coefficient (Wildman–Crippen LogP) is 2.45. The number of hydrogen-bond acceptors (Lipinski definition) is 5. The highest BCUT2D eigenvalue weighted by Crippen LogP contribution is 2.26. The zero-order valence-corrected chi connectivity index (χ0v) is 15.1. The average Bonchev–Trinajstić information content (AvgIpc) is 2.59. The van der Waals surface area contributed by atoms with Crippen LogP contribution >= 0.6 is 0 Å². The van der Waals surface area contributed by atoms with Crippen molar-refractivity contribution >= 4 is 17.4 Å². The maximum atomic E-state index is 11.7. The van der Waals surface area contributed by atoms with Crippen LogP contribution in [0.2, 0.25) is 0 Å². The highest BCUT2D eigenvalue weighted by Gasteiger charge is 2.23. The van der Waals surface area contributed by atoms with Crippen molar-refractivity contribution in [3.8, 4) is 0 Å². The van der Waals surface area contributed by atoms with Crippen molar-refractivity contribution in [3.63, 3.8) is 0 Å². The first-order valence-corrected chi connectivity index (χ1v) is 8.30. The van der Waals surface area contributed by atoms with E-state index >= 15 is 0 Å². The van der Waals surface area contributed by atoms with Gasteiger partial charge in [0.15, 0.2) is 0 Å². The van der Waals surface area contributed by atoms with E-state index in [4.69, 9.17) is 0 Å². The number of hydrogen-bond donors (Lipinski definition) is 2. The summed E-state index contributed by atoms with van der Waals surface area (Å²) in [4.78, 5) is 20.3. The van der Waals surface area contributed by atoms with E-state index in [2.05, 4.69) is 46.5 Å². The summed E-state index contributed by atoms with van der Waals surface area (Å²) < 4.78 is 0. The van der Waals surface area contributed by atoms with Crippen LogP contribution in [0.15, 0.2) is 36.3 Å². The molecule has 24 heavy (non-hydrogen) atoms. The molecule has 1 unspecified atom stereocenters. The first kappa shape index (κ1) is 18.0. The second-order valence-electron chi connectivity index (χ2n) is 5.83. The monoisotopic (exact) mass is 329 g/mol. The zero-order valence-electron chi connectivity index (χ0n) is 15.1. The lowest BCUT2D eigenvalue weighted by Crippen LogP contribution is -2.44. The van der Waals surface area contributed by atoms with Crippen LogP contribution in [0.25, 0.3) is 0 Å². The topological polar surface area (TPSA) is 60.5 Å². The van der Waals surface area contributed by atoms with Gasteiger partial charge in [-0.3, -0.25) is 15.0 Å². The smallest absolute Gasteiger partial charge is 0.224 e. The van der Waals surface area contributed by atoms with Crippen molar-refractivity contribution in [3.05, 3.63) is 41.9 Å². The first-order valence-electron chi connectivity index (χ1n) is 8.30. The Kier molecular flexibility index (Phi) is 5.98. The molecule has 0 saturated carbocycles. The van der Waals surface area contributed by atoms with Crippen LogP contribution in [0.3, 0.4) is 0 Å². The molecule has 6 heteroatoms. The van der Waals surface area contributed by atoms with E-state index in [0.717, 1.165) is 35.7 Å². The molecule has 0 aliphatic carbocycles. The van der Waals surface area contributed by atoms with Gasteiger partial charge in [-0.25, -0.2) is 4.98 Å². The molecule has 0 aromatic carbocycles. The molecule has 1 atom stereocenters. The van der Waals surface area contributed by atoms with E-state index in [-0.39, 0.29) is 12.1 Å². The number of nitrogens with one attached hydrogen (secondary N) is 2. The zero-order chi connectivity index (χ0) is 17.7. The minimum absolute atomic E-state index is 0.00983. The highest BCUT2D eigenvalue weighted by atomic mass is 16.2. The second-order valence-corrected chi connectivity index (χ2v) is 5.83. The molecule has 1 aliphatic rings. The van der Waals surface area contributed by atoms with Crippen LogP contribution in [0.5, 0.6) is 0 Å². The van der Waals surface area contributed by atoms with Gasteiger partial charge in [0.25, 0.3) is 0 Å². The minimum Gasteiger partial charge on any atom is -0.387 e. The molecule has 0 fully saturated rings. The first-order chi connectivity index (χ1) is 11.5. The Morgan fingerprint density at radius 1 is 1.42 bits per heavy atom. The quantitative estimate of drug-likeness (QED) is 0.839. The molecule has 0 bridgehead atoms. The molecule has 1 aromatic heterocycles. The normalized spacial score (nSPS) is 16.8. The van der Waals surface area contributed by atoms with Gasteiger partial charge >= 0.3 is 0 Å². The van der Waals surface area contributed by atoms with Gasteiger partial charge < -0.3 is 10.2 Å². The van der Waals surface area contributed by atoms with E-state index in [1.54, 1.807) is 11.8 Å². The number of pyridine rings is 1. The number of aryl methyl sites for hydroxylation is 1. The number of carbonyl (C=O) groups excluding carboxylic acids is 1. The largest absolute Gasteiger partial charge is 0.387 e. The third-order valence-corrected chi connectivity index (χ3v) is 4.05. The van der Waals surface area contributed by atoms with Gasteiger partial charge in [-0.1, -0.05) is 6.92 Å². The molecular weight excluding hydrogens is 302 g/mol. The van der Waals surface area contributed by atoms with Crippen LogP contribution < -0.4 is 15.5 Å². The third-order valence-electron chi connectivity index (χ3n) is 4.05. The van der Waals surface area contributed by atoms with Crippen LogP contribution in [0, 0.1) is 6.92 Å². The van der Waals surface area contributed by atoms with Crippen LogP contribution in [0.4, 0.5) is 11.5 Å². The molecular formula is C18H27N5O. The third kappa shape index (κ3) is 3.76. The van der Waals surface area contributed by atoms with Gasteiger partial charge in [-0.05, 0) is 44.2 Å². The molecule has 2 N–H and O–H groups in total. The summed E-state index contributed by atoms with van der Waals surface area (Å²) >= 11 is 0. The lowest BCUT2D eigenvalue weighted by Gasteiger charge is -2.33. The Bertz CT molecular complexity index is 653. The average molecular weight is 329 g/mol. The molecule has 2 heterocycles. The lowest BCUT2D eigenvalue weighted by molar-refractivity contribution is -0.127. The molecule has 0 spiro atoms. The van der Waals surface area contributed by atoms with E-state index in [0.29, 0.717) is 0 Å². The lowest BCUT2D eigenvalue weighted by atomic mass is 10.1. The fourth-order valence-corrected chi connectivity index (χ4v) is 2.82. The Morgan fingerprint density at radius 3 is 2.71 bits per heavy atom. The van der Waals surface area contributed by atoms with Crippen molar-refractivity contribution < 1.29 is 4.79 Å². The van der Waals surface area contributed by atoms with Gasteiger partial charge in [0.1, 0.15) is 12.0 Å². The number of amides is 1. The number of aromatic nitrogens is 1. The summed E-state index contributed by atoms with van der Waals surface area (Å²) in [6.07, 6.45) is 8.55. The summed E-state index contributed by atoms with van der Waals surface area (Å²) in [6.45, 7) is 6.64. The van der Waals surface area contributed by atoms with Crippen LogP contribution in [0.1, 0.15) is 25.8 Å². The SMILES string of the molecule is CCCN(C1=CC(NC)N(C(C)=O)C=C1)c1ncc(NC)cc1C. The Balaban J connectivity index is 2.38. The molecule has 130 valence electrons. The Hall–Kier alpha value is -2.34. The molecule has 0 radical (unpaired) electrons. The number of nitrogens with zero attached hydrogens (tertiary/aromatic N) is 3. The fourth-order valence-electron chi connectivity index (χ4n) is 2.82. The summed E-state index contributed by atoms with van der Waals surface area (Å²) in [7, 11) is 3.74. The maximum absolute atomic E-state index is 11.7. The van der Waals surface area contributed by atoms with Crippen molar-refractivity contribution in [2.45, 2.75) is 33.4 Å². The van der Waals surface area contributed by atoms with E-state index in [1.807, 2.05) is 32.6 Å². The van der Waals surface area contributed by atoms with E-state index < -0.39 is 0 Å². The van der Waals surface area contributed by atoms with Crippen molar-refractivity contribution in [1.82, 2.24) is 15.2 Å². The van der Waals surface area contributed by atoms with E-state index in [9.17, 15) is 4.79 Å². The van der Waals surface area contributed by atoms with Gasteiger partial charge in [0.05, 0.1) is 11.9 Å². The van der Waals surface area contributed by atoms with E-state index in [1.165, 1.54) is 0 Å². The van der Waals surface area contributed by atoms with Crippen LogP contribution in [-0.2, 0) is 4.79 Å². The van der Waals surface area contributed by atoms with Gasteiger partial charge in [-0.2, -0.15) is 0 Å². The van der Waals surface area contributed by atoms with Gasteiger partial charge in [0.2, 0.25) is 5.91 Å². The highest BCUT2D eigenvalue weighted by molar-refractivity contribution is 5.75. The fraction of sp³-hybridized carbons (Fsp3) is 0.444. The van der Waals surface area contributed by atoms with Crippen molar-refractivity contribution in [1.29, 1.82) is 0 Å². The Morgan fingerprint density at radius 2 is 2.17 bits per heavy atom. The Labute approximate surface area is 144 Å². The number of rotatable bonds is 6. The number of allylic oxidation sites excluding steroid dienone is 1. The van der Waals surface area contributed by atoms with Crippen molar-refractivity contribution in [2.24, 2.45) is 0 Å². The van der Waals surface area contributed by atoms with Gasteiger partial charge in [0, 0.05) is 32.4 Å². The van der Waals surface area contributed by atoms with Crippen molar-refractivity contribution in [2.75, 3.05) is 30.9 Å². The predicted molar refractivity (Wildman–Crippen MR) is 98.7 cm³/mol. The minimum atomic E-state index is -0.154. The summed E-state index contributed by atoms with van der Waals surface area (Å²) in [5.41, 5.74) is 3.15. The molecule has 2 rings (SSSR count).